The minimum Gasteiger partial charge on any atom is -0.408 e. The lowest BCUT2D eigenvalue weighted by Gasteiger charge is -2.12. The van der Waals surface area contributed by atoms with Crippen molar-refractivity contribution in [3.05, 3.63) is 65.5 Å². The highest BCUT2D eigenvalue weighted by atomic mass is 32.2. The van der Waals surface area contributed by atoms with Gasteiger partial charge in [0.15, 0.2) is 11.0 Å². The van der Waals surface area contributed by atoms with Crippen LogP contribution >= 0.6 is 11.8 Å². The van der Waals surface area contributed by atoms with Crippen molar-refractivity contribution in [1.29, 1.82) is 0 Å². The van der Waals surface area contributed by atoms with E-state index in [-0.39, 0.29) is 23.6 Å². The van der Waals surface area contributed by atoms with Crippen LogP contribution in [-0.4, -0.2) is 36.6 Å². The van der Waals surface area contributed by atoms with E-state index in [2.05, 4.69) is 51.7 Å². The van der Waals surface area contributed by atoms with Crippen LogP contribution in [0.4, 0.5) is 6.01 Å². The van der Waals surface area contributed by atoms with E-state index in [1.165, 1.54) is 22.9 Å². The number of carbonyl (C=O) groups is 1. The number of anilines is 1. The minimum atomic E-state index is -0.259. The van der Waals surface area contributed by atoms with Crippen LogP contribution in [0.15, 0.2) is 58.1 Å². The molecule has 0 aliphatic rings. The minimum absolute atomic E-state index is 0.0930. The van der Waals surface area contributed by atoms with Gasteiger partial charge < -0.3 is 4.42 Å². The highest BCUT2D eigenvalue weighted by Gasteiger charge is 2.18. The zero-order valence-corrected chi connectivity index (χ0v) is 19.2. The lowest BCUT2D eigenvalue weighted by Crippen LogP contribution is -2.15. The predicted molar refractivity (Wildman–Crippen MR) is 124 cm³/mol. The van der Waals surface area contributed by atoms with Gasteiger partial charge >= 0.3 is 6.01 Å². The number of aromatic nitrogens is 5. The number of rotatable bonds is 7. The molecule has 4 rings (SSSR count). The fraction of sp³-hybridized carbons (Fsp3) is 0.261. The Hall–Kier alpha value is -3.46. The normalized spacial score (nSPS) is 11.2. The van der Waals surface area contributed by atoms with E-state index in [4.69, 9.17) is 4.42 Å². The number of nitrogens with zero attached hydrogens (tertiary/aromatic N) is 5. The first-order valence-corrected chi connectivity index (χ1v) is 11.3. The molecule has 0 saturated heterocycles. The quantitative estimate of drug-likeness (QED) is 0.406. The molecule has 1 N–H and O–H groups in total. The third-order valence-corrected chi connectivity index (χ3v) is 5.86. The van der Waals surface area contributed by atoms with E-state index in [1.54, 1.807) is 0 Å². The molecule has 9 heteroatoms. The highest BCUT2D eigenvalue weighted by molar-refractivity contribution is 7.99. The largest absolute Gasteiger partial charge is 0.408 e. The molecule has 32 heavy (non-hydrogen) atoms. The maximum Gasteiger partial charge on any atom is 0.322 e. The summed E-state index contributed by atoms with van der Waals surface area (Å²) >= 11 is 1.30. The van der Waals surface area contributed by atoms with Crippen LogP contribution in [0.25, 0.3) is 17.1 Å². The second kappa shape index (κ2) is 9.35. The third-order valence-electron chi connectivity index (χ3n) is 4.93. The third kappa shape index (κ3) is 4.72. The first-order valence-electron chi connectivity index (χ1n) is 10.3. The molecule has 0 fully saturated rings. The van der Waals surface area contributed by atoms with Gasteiger partial charge in [-0.25, -0.2) is 0 Å². The van der Waals surface area contributed by atoms with Gasteiger partial charge in [-0.15, -0.1) is 15.3 Å². The molecule has 2 aromatic carbocycles. The van der Waals surface area contributed by atoms with Crippen LogP contribution in [-0.2, 0) is 4.79 Å². The van der Waals surface area contributed by atoms with Crippen molar-refractivity contribution in [2.45, 2.75) is 38.8 Å². The summed E-state index contributed by atoms with van der Waals surface area (Å²) in [4.78, 5) is 12.5. The van der Waals surface area contributed by atoms with Crippen LogP contribution in [0.3, 0.4) is 0 Å². The molecule has 0 spiro atoms. The van der Waals surface area contributed by atoms with Crippen molar-refractivity contribution in [3.63, 3.8) is 0 Å². The van der Waals surface area contributed by atoms with E-state index < -0.39 is 0 Å². The summed E-state index contributed by atoms with van der Waals surface area (Å²) in [6.45, 7) is 8.03. The Morgan fingerprint density at radius 1 is 1.03 bits per heavy atom. The molecular formula is C23H24N6O2S. The van der Waals surface area contributed by atoms with Gasteiger partial charge in [-0.3, -0.25) is 14.7 Å². The lowest BCUT2D eigenvalue weighted by atomic mass is 10.1. The molecule has 0 bridgehead atoms. The van der Waals surface area contributed by atoms with Crippen LogP contribution in [0, 0.1) is 13.8 Å². The Morgan fingerprint density at radius 3 is 2.50 bits per heavy atom. The second-order valence-electron chi connectivity index (χ2n) is 7.71. The van der Waals surface area contributed by atoms with Crippen LogP contribution in [0.1, 0.15) is 36.8 Å². The van der Waals surface area contributed by atoms with Crippen LogP contribution in [0.5, 0.6) is 0 Å². The second-order valence-corrected chi connectivity index (χ2v) is 8.66. The van der Waals surface area contributed by atoms with Crippen molar-refractivity contribution in [3.8, 4) is 17.1 Å². The SMILES string of the molecule is Cc1ccc(-n2c(SCC(=O)Nc3nnc(C(C)C)o3)nnc2-c2ccccc2)cc1C. The van der Waals surface area contributed by atoms with E-state index in [0.29, 0.717) is 11.0 Å². The van der Waals surface area contributed by atoms with Crippen LogP contribution in [0.2, 0.25) is 0 Å². The molecule has 1 amide bonds. The topological polar surface area (TPSA) is 98.7 Å². The molecule has 0 atom stereocenters. The van der Waals surface area contributed by atoms with Gasteiger partial charge in [0.25, 0.3) is 0 Å². The Morgan fingerprint density at radius 2 is 1.81 bits per heavy atom. The molecule has 0 unspecified atom stereocenters. The van der Waals surface area contributed by atoms with Gasteiger partial charge in [0.2, 0.25) is 11.8 Å². The average Bonchev–Trinajstić information content (AvgIpc) is 3.42. The first kappa shape index (κ1) is 21.8. The first-order chi connectivity index (χ1) is 15.4. The fourth-order valence-electron chi connectivity index (χ4n) is 3.04. The molecule has 164 valence electrons. The summed E-state index contributed by atoms with van der Waals surface area (Å²) in [6, 6.07) is 16.2. The number of amides is 1. The predicted octanol–water partition coefficient (Wildman–Crippen LogP) is 4.79. The number of nitrogens with one attached hydrogen (secondary N) is 1. The Balaban J connectivity index is 1.58. The smallest absolute Gasteiger partial charge is 0.322 e. The number of carbonyl (C=O) groups excluding carboxylic acids is 1. The maximum atomic E-state index is 12.5. The van der Waals surface area contributed by atoms with Crippen molar-refractivity contribution in [2.24, 2.45) is 0 Å². The summed E-state index contributed by atoms with van der Waals surface area (Å²) in [5, 5.41) is 19.9. The lowest BCUT2D eigenvalue weighted by molar-refractivity contribution is -0.113. The Bertz CT molecular complexity index is 1230. The van der Waals surface area contributed by atoms with E-state index in [9.17, 15) is 4.79 Å². The monoisotopic (exact) mass is 448 g/mol. The molecule has 4 aromatic rings. The summed E-state index contributed by atoms with van der Waals surface area (Å²) < 4.78 is 7.43. The zero-order valence-electron chi connectivity index (χ0n) is 18.4. The molecular weight excluding hydrogens is 424 g/mol. The highest BCUT2D eigenvalue weighted by Crippen LogP contribution is 2.29. The fourth-order valence-corrected chi connectivity index (χ4v) is 3.79. The summed E-state index contributed by atoms with van der Waals surface area (Å²) in [6.07, 6.45) is 0. The number of aryl methyl sites for hydroxylation is 2. The number of thioether (sulfide) groups is 1. The van der Waals surface area contributed by atoms with Gasteiger partial charge in [0, 0.05) is 11.5 Å². The van der Waals surface area contributed by atoms with Crippen molar-refractivity contribution in [2.75, 3.05) is 11.1 Å². The van der Waals surface area contributed by atoms with Gasteiger partial charge in [0.05, 0.1) is 11.4 Å². The summed E-state index contributed by atoms with van der Waals surface area (Å²) in [7, 11) is 0. The maximum absolute atomic E-state index is 12.5. The van der Waals surface area contributed by atoms with Gasteiger partial charge in [-0.2, -0.15) is 0 Å². The van der Waals surface area contributed by atoms with Gasteiger partial charge in [-0.1, -0.05) is 67.1 Å². The van der Waals surface area contributed by atoms with E-state index >= 15 is 0 Å². The van der Waals surface area contributed by atoms with Crippen molar-refractivity contribution >= 4 is 23.7 Å². The number of hydrogen-bond donors (Lipinski definition) is 1. The van der Waals surface area contributed by atoms with Gasteiger partial charge in [-0.05, 0) is 37.1 Å². The zero-order chi connectivity index (χ0) is 22.7. The molecule has 8 nitrogen and oxygen atoms in total. The van der Waals surface area contributed by atoms with E-state index in [1.807, 2.05) is 54.8 Å². The molecule has 2 heterocycles. The molecule has 0 radical (unpaired) electrons. The number of benzene rings is 2. The van der Waals surface area contributed by atoms with Gasteiger partial charge in [0.1, 0.15) is 0 Å². The van der Waals surface area contributed by atoms with Crippen molar-refractivity contribution in [1.82, 2.24) is 25.0 Å². The Labute approximate surface area is 190 Å². The average molecular weight is 449 g/mol. The summed E-state index contributed by atoms with van der Waals surface area (Å²) in [5.41, 5.74) is 4.26. The molecule has 2 aromatic heterocycles. The van der Waals surface area contributed by atoms with E-state index in [0.717, 1.165) is 17.1 Å². The molecule has 0 saturated carbocycles. The Kier molecular flexibility index (Phi) is 6.36. The number of hydrogen-bond acceptors (Lipinski definition) is 7. The summed E-state index contributed by atoms with van der Waals surface area (Å²) in [5.74, 6) is 1.16. The van der Waals surface area contributed by atoms with Crippen molar-refractivity contribution < 1.29 is 9.21 Å². The molecule has 0 aliphatic carbocycles. The molecule has 0 aliphatic heterocycles. The van der Waals surface area contributed by atoms with Crippen LogP contribution < -0.4 is 5.32 Å². The standard InChI is InChI=1S/C23H24N6O2S/c1-14(2)21-26-27-22(31-21)24-19(30)13-32-23-28-25-20(17-8-6-5-7-9-17)29(23)18-11-10-15(3)16(4)12-18/h5-12,14H,13H2,1-4H3,(H,24,27,30).